The predicted octanol–water partition coefficient (Wildman–Crippen LogP) is 3.68. The van der Waals surface area contributed by atoms with Crippen molar-refractivity contribution in [1.82, 2.24) is 0 Å². The maximum atomic E-state index is 12.3. The van der Waals surface area contributed by atoms with Crippen molar-refractivity contribution in [3.8, 4) is 0 Å². The van der Waals surface area contributed by atoms with E-state index in [-0.39, 0.29) is 12.0 Å². The molecule has 0 spiro atoms. The van der Waals surface area contributed by atoms with Gasteiger partial charge in [0.15, 0.2) is 0 Å². The number of amides is 1. The first-order chi connectivity index (χ1) is 9.83. The minimum Gasteiger partial charge on any atom is -0.443 e. The normalized spacial score (nSPS) is 15.5. The van der Waals surface area contributed by atoms with Crippen molar-refractivity contribution in [3.05, 3.63) is 29.3 Å². The van der Waals surface area contributed by atoms with Crippen molar-refractivity contribution in [1.29, 1.82) is 0 Å². The molecule has 21 heavy (non-hydrogen) atoms. The second-order valence-electron chi connectivity index (χ2n) is 6.53. The van der Waals surface area contributed by atoms with Gasteiger partial charge in [0.2, 0.25) is 0 Å². The maximum absolute atomic E-state index is 12.3. The fourth-order valence-corrected chi connectivity index (χ4v) is 2.70. The molecular formula is C17H23NO3. The van der Waals surface area contributed by atoms with Crippen LogP contribution in [0.2, 0.25) is 0 Å². The number of carbonyl (C=O) groups excluding carboxylic acids is 2. The van der Waals surface area contributed by atoms with Crippen LogP contribution in [0.4, 0.5) is 10.5 Å². The molecule has 0 bridgehead atoms. The van der Waals surface area contributed by atoms with E-state index in [2.05, 4.69) is 0 Å². The third kappa shape index (κ3) is 3.43. The molecule has 0 saturated heterocycles. The second kappa shape index (κ2) is 5.88. The van der Waals surface area contributed by atoms with Gasteiger partial charge in [0.05, 0.1) is 5.69 Å². The zero-order chi connectivity index (χ0) is 15.6. The molecule has 1 heterocycles. The van der Waals surface area contributed by atoms with Gasteiger partial charge in [-0.25, -0.2) is 4.79 Å². The lowest BCUT2D eigenvalue weighted by molar-refractivity contribution is -0.108. The van der Waals surface area contributed by atoms with Gasteiger partial charge in [-0.1, -0.05) is 19.1 Å². The number of nitrogens with zero attached hydrogens (tertiary/aromatic N) is 1. The molecule has 0 aliphatic carbocycles. The monoisotopic (exact) mass is 289 g/mol. The summed E-state index contributed by atoms with van der Waals surface area (Å²) in [6.45, 7) is 8.27. The number of aldehydes is 1. The molecule has 4 nitrogen and oxygen atoms in total. The molecule has 114 valence electrons. The van der Waals surface area contributed by atoms with Crippen molar-refractivity contribution >= 4 is 18.1 Å². The second-order valence-corrected chi connectivity index (χ2v) is 6.53. The van der Waals surface area contributed by atoms with Crippen LogP contribution in [0.25, 0.3) is 0 Å². The molecule has 1 amide bonds. The summed E-state index contributed by atoms with van der Waals surface area (Å²) in [4.78, 5) is 24.7. The van der Waals surface area contributed by atoms with Gasteiger partial charge in [-0.2, -0.15) is 0 Å². The topological polar surface area (TPSA) is 46.6 Å². The Kier molecular flexibility index (Phi) is 4.35. The fraction of sp³-hybridized carbons (Fsp3) is 0.529. The number of anilines is 1. The molecule has 1 atom stereocenters. The van der Waals surface area contributed by atoms with Crippen LogP contribution in [-0.4, -0.2) is 24.5 Å². The molecule has 1 aromatic carbocycles. The van der Waals surface area contributed by atoms with Crippen LogP contribution < -0.4 is 4.90 Å². The number of hydrogen-bond acceptors (Lipinski definition) is 3. The van der Waals surface area contributed by atoms with Crippen LogP contribution in [0, 0.1) is 0 Å². The Morgan fingerprint density at radius 1 is 1.43 bits per heavy atom. The quantitative estimate of drug-likeness (QED) is 0.797. The molecule has 1 aliphatic heterocycles. The van der Waals surface area contributed by atoms with Crippen molar-refractivity contribution in [3.63, 3.8) is 0 Å². The Balaban J connectivity index is 2.27. The van der Waals surface area contributed by atoms with E-state index in [4.69, 9.17) is 4.74 Å². The first kappa shape index (κ1) is 15.5. The van der Waals surface area contributed by atoms with Crippen molar-refractivity contribution in [2.45, 2.75) is 52.1 Å². The van der Waals surface area contributed by atoms with E-state index < -0.39 is 5.60 Å². The first-order valence-electron chi connectivity index (χ1n) is 7.39. The van der Waals surface area contributed by atoms with Crippen molar-refractivity contribution < 1.29 is 14.3 Å². The molecule has 1 aromatic rings. The summed E-state index contributed by atoms with van der Waals surface area (Å²) >= 11 is 0. The number of rotatable bonds is 3. The Morgan fingerprint density at radius 2 is 2.14 bits per heavy atom. The highest BCUT2D eigenvalue weighted by Crippen LogP contribution is 2.35. The summed E-state index contributed by atoms with van der Waals surface area (Å²) in [5.74, 6) is 0.177. The summed E-state index contributed by atoms with van der Waals surface area (Å²) in [5, 5.41) is 0. The zero-order valence-corrected chi connectivity index (χ0v) is 13.2. The number of benzene rings is 1. The van der Waals surface area contributed by atoms with Crippen LogP contribution in [0.1, 0.15) is 51.2 Å². The van der Waals surface area contributed by atoms with Gasteiger partial charge in [-0.3, -0.25) is 4.90 Å². The van der Waals surface area contributed by atoms with E-state index in [1.165, 1.54) is 0 Å². The molecule has 2 rings (SSSR count). The van der Waals surface area contributed by atoms with E-state index in [0.717, 1.165) is 29.5 Å². The van der Waals surface area contributed by atoms with Crippen LogP contribution in [0.5, 0.6) is 0 Å². The summed E-state index contributed by atoms with van der Waals surface area (Å²) in [5.41, 5.74) is 2.74. The molecule has 0 aromatic heterocycles. The maximum Gasteiger partial charge on any atom is 0.414 e. The summed E-state index contributed by atoms with van der Waals surface area (Å²) in [6.07, 6.45) is 1.96. The van der Waals surface area contributed by atoms with Crippen LogP contribution in [-0.2, 0) is 16.0 Å². The van der Waals surface area contributed by atoms with Gasteiger partial charge < -0.3 is 9.53 Å². The third-order valence-corrected chi connectivity index (χ3v) is 3.66. The van der Waals surface area contributed by atoms with E-state index in [0.29, 0.717) is 13.0 Å². The van der Waals surface area contributed by atoms with Gasteiger partial charge in [0.25, 0.3) is 0 Å². The minimum atomic E-state index is -0.498. The van der Waals surface area contributed by atoms with Gasteiger partial charge in [-0.05, 0) is 50.3 Å². The van der Waals surface area contributed by atoms with Gasteiger partial charge in [-0.15, -0.1) is 0 Å². The minimum absolute atomic E-state index is 0.177. The molecule has 1 unspecified atom stereocenters. The molecule has 1 aliphatic rings. The fourth-order valence-electron chi connectivity index (χ4n) is 2.70. The largest absolute Gasteiger partial charge is 0.443 e. The number of carbonyl (C=O) groups is 2. The van der Waals surface area contributed by atoms with Gasteiger partial charge in [0, 0.05) is 13.0 Å². The molecule has 0 N–H and O–H groups in total. The lowest BCUT2D eigenvalue weighted by atomic mass is 9.92. The Morgan fingerprint density at radius 3 is 2.76 bits per heavy atom. The average molecular weight is 289 g/mol. The highest BCUT2D eigenvalue weighted by Gasteiger charge is 2.30. The Bertz CT molecular complexity index is 545. The molecule has 4 heteroatoms. The van der Waals surface area contributed by atoms with Crippen LogP contribution in [0.15, 0.2) is 18.2 Å². The number of hydrogen-bond donors (Lipinski definition) is 0. The van der Waals surface area contributed by atoms with E-state index in [1.807, 2.05) is 45.9 Å². The van der Waals surface area contributed by atoms with Gasteiger partial charge in [0.1, 0.15) is 11.9 Å². The van der Waals surface area contributed by atoms with Crippen molar-refractivity contribution in [2.24, 2.45) is 0 Å². The Hall–Kier alpha value is -1.84. The van der Waals surface area contributed by atoms with Crippen molar-refractivity contribution in [2.75, 3.05) is 11.4 Å². The van der Waals surface area contributed by atoms with E-state index in [1.54, 1.807) is 4.90 Å². The Labute approximate surface area is 126 Å². The number of fused-ring (bicyclic) bond motifs is 1. The summed E-state index contributed by atoms with van der Waals surface area (Å²) in [7, 11) is 0. The standard InChI is InChI=1S/C17H23NO3/c1-12(9-11-19)13-6-5-7-15-14(13)8-10-18(15)16(20)21-17(2,3)4/h5-7,11-12H,8-10H2,1-4H3. The van der Waals surface area contributed by atoms with E-state index >= 15 is 0 Å². The smallest absolute Gasteiger partial charge is 0.414 e. The first-order valence-corrected chi connectivity index (χ1v) is 7.39. The summed E-state index contributed by atoms with van der Waals surface area (Å²) < 4.78 is 5.46. The highest BCUT2D eigenvalue weighted by molar-refractivity contribution is 5.91. The third-order valence-electron chi connectivity index (χ3n) is 3.66. The van der Waals surface area contributed by atoms with Crippen LogP contribution in [0.3, 0.4) is 0 Å². The van der Waals surface area contributed by atoms with E-state index in [9.17, 15) is 9.59 Å². The van der Waals surface area contributed by atoms with Crippen LogP contribution >= 0.6 is 0 Å². The molecule has 0 radical (unpaired) electrons. The molecule has 0 fully saturated rings. The zero-order valence-electron chi connectivity index (χ0n) is 13.2. The predicted molar refractivity (Wildman–Crippen MR) is 82.8 cm³/mol. The van der Waals surface area contributed by atoms with Gasteiger partial charge >= 0.3 is 6.09 Å². The SMILES string of the molecule is CC(CC=O)c1cccc2c1CCN2C(=O)OC(C)(C)C. The summed E-state index contributed by atoms with van der Waals surface area (Å²) in [6, 6.07) is 5.94. The highest BCUT2D eigenvalue weighted by atomic mass is 16.6. The number of ether oxygens (including phenoxy) is 1. The average Bonchev–Trinajstić information content (AvgIpc) is 2.80. The lowest BCUT2D eigenvalue weighted by Crippen LogP contribution is -2.35. The molecular weight excluding hydrogens is 266 g/mol. The molecule has 0 saturated carbocycles. The lowest BCUT2D eigenvalue weighted by Gasteiger charge is -2.25.